The third-order valence-corrected chi connectivity index (χ3v) is 1.97. The summed E-state index contributed by atoms with van der Waals surface area (Å²) < 4.78 is 0. The molecule has 1 atom stereocenters. The first-order chi connectivity index (χ1) is 4.41. The van der Waals surface area contributed by atoms with E-state index in [4.69, 9.17) is 4.89 Å². The zero-order valence-electron chi connectivity index (χ0n) is 6.19. The maximum absolute atomic E-state index is 8.45. The van der Waals surface area contributed by atoms with Crippen molar-refractivity contribution in [1.82, 2.24) is 0 Å². The molecule has 1 N–H and O–H groups in total. The fourth-order valence-electron chi connectivity index (χ4n) is 0.808. The summed E-state index contributed by atoms with van der Waals surface area (Å²) in [6.45, 7) is 2.22. The summed E-state index contributed by atoms with van der Waals surface area (Å²) >= 11 is 0. The predicted octanol–water partition coefficient (Wildman–Crippen LogP) is 2.54. The van der Waals surface area contributed by atoms with Crippen LogP contribution in [0.3, 0.4) is 0 Å². The molecule has 9 heavy (non-hydrogen) atoms. The summed E-state index contributed by atoms with van der Waals surface area (Å²) in [6.07, 6.45) is 7.55. The van der Waals surface area contributed by atoms with Crippen LogP contribution in [0.15, 0.2) is 0 Å². The lowest BCUT2D eigenvalue weighted by Crippen LogP contribution is -1.78. The number of rotatable bonds is 6. The van der Waals surface area contributed by atoms with Crippen molar-refractivity contribution in [3.63, 3.8) is 0 Å². The van der Waals surface area contributed by atoms with Gasteiger partial charge in [0.05, 0.1) is 0 Å². The minimum atomic E-state index is 0.170. The summed E-state index contributed by atoms with van der Waals surface area (Å²) in [5, 5.41) is 0. The molecule has 0 aromatic heterocycles. The number of hydrogen-bond donors (Lipinski definition) is 1. The van der Waals surface area contributed by atoms with Gasteiger partial charge < -0.3 is 4.89 Å². The van der Waals surface area contributed by atoms with E-state index in [9.17, 15) is 0 Å². The molecule has 0 rings (SSSR count). The van der Waals surface area contributed by atoms with Gasteiger partial charge in [-0.25, -0.2) is 0 Å². The Labute approximate surface area is 59.7 Å². The Bertz CT molecular complexity index is 42.2. The highest BCUT2D eigenvalue weighted by atomic mass is 31.1. The molecule has 0 spiro atoms. The lowest BCUT2D eigenvalue weighted by molar-refractivity contribution is 0.625. The van der Waals surface area contributed by atoms with E-state index in [0.29, 0.717) is 0 Å². The molecule has 0 fully saturated rings. The van der Waals surface area contributed by atoms with E-state index in [0.717, 1.165) is 6.16 Å². The Balaban J connectivity index is 2.60. The molecule has 0 aliphatic rings. The molecule has 56 valence electrons. The smallest absolute Gasteiger partial charge is 0.0107 e. The van der Waals surface area contributed by atoms with Crippen molar-refractivity contribution in [2.75, 3.05) is 6.16 Å². The van der Waals surface area contributed by atoms with Gasteiger partial charge in [0.2, 0.25) is 0 Å². The molecule has 0 aromatic carbocycles. The highest BCUT2D eigenvalue weighted by Crippen LogP contribution is 2.08. The van der Waals surface area contributed by atoms with Crippen LogP contribution in [0.4, 0.5) is 0 Å². The molecular formula is C7H17OP. The Hall–Kier alpha value is 0.390. The van der Waals surface area contributed by atoms with Crippen molar-refractivity contribution in [2.45, 2.75) is 39.0 Å². The zero-order valence-corrected chi connectivity index (χ0v) is 7.19. The van der Waals surface area contributed by atoms with Crippen molar-refractivity contribution in [3.8, 4) is 0 Å². The molecule has 0 saturated heterocycles. The van der Waals surface area contributed by atoms with Gasteiger partial charge in [-0.3, -0.25) is 0 Å². The van der Waals surface area contributed by atoms with Gasteiger partial charge in [-0.15, -0.1) is 0 Å². The van der Waals surface area contributed by atoms with Crippen molar-refractivity contribution >= 4 is 8.81 Å². The maximum Gasteiger partial charge on any atom is 0.0107 e. The van der Waals surface area contributed by atoms with Gasteiger partial charge in [-0.2, -0.15) is 0 Å². The monoisotopic (exact) mass is 148 g/mol. The first kappa shape index (κ1) is 9.39. The zero-order chi connectivity index (χ0) is 6.95. The fraction of sp³-hybridized carbons (Fsp3) is 1.00. The Kier molecular flexibility index (Phi) is 8.75. The molecule has 2 heteroatoms. The Morgan fingerprint density at radius 3 is 2.33 bits per heavy atom. The number of unbranched alkanes of at least 4 members (excludes halogenated alkanes) is 4. The SMILES string of the molecule is CCCCCCCPO. The van der Waals surface area contributed by atoms with E-state index in [2.05, 4.69) is 6.92 Å². The third-order valence-electron chi connectivity index (χ3n) is 1.39. The Morgan fingerprint density at radius 1 is 1.11 bits per heavy atom. The molecule has 0 radical (unpaired) electrons. The molecule has 0 heterocycles. The molecule has 0 aliphatic heterocycles. The van der Waals surface area contributed by atoms with Gasteiger partial charge in [0.15, 0.2) is 0 Å². The molecule has 0 amide bonds. The van der Waals surface area contributed by atoms with Crippen LogP contribution in [0.25, 0.3) is 0 Å². The topological polar surface area (TPSA) is 20.2 Å². The number of hydrogen-bond acceptors (Lipinski definition) is 1. The quantitative estimate of drug-likeness (QED) is 0.453. The Morgan fingerprint density at radius 2 is 1.78 bits per heavy atom. The van der Waals surface area contributed by atoms with E-state index in [-0.39, 0.29) is 8.81 Å². The molecular weight excluding hydrogens is 131 g/mol. The van der Waals surface area contributed by atoms with E-state index < -0.39 is 0 Å². The van der Waals surface area contributed by atoms with Crippen LogP contribution < -0.4 is 0 Å². The van der Waals surface area contributed by atoms with Gasteiger partial charge in [-0.1, -0.05) is 32.6 Å². The third kappa shape index (κ3) is 8.39. The first-order valence-corrected chi connectivity index (χ1v) is 4.94. The van der Waals surface area contributed by atoms with E-state index in [1.165, 1.54) is 32.1 Å². The van der Waals surface area contributed by atoms with Gasteiger partial charge in [0.1, 0.15) is 0 Å². The minimum absolute atomic E-state index is 0.170. The maximum atomic E-state index is 8.45. The lowest BCUT2D eigenvalue weighted by atomic mass is 10.2. The van der Waals surface area contributed by atoms with Gasteiger partial charge in [-0.05, 0) is 12.6 Å². The largest absolute Gasteiger partial charge is 0.377 e. The normalized spacial score (nSPS) is 11.3. The van der Waals surface area contributed by atoms with Crippen molar-refractivity contribution in [1.29, 1.82) is 0 Å². The predicted molar refractivity (Wildman–Crippen MR) is 44.2 cm³/mol. The van der Waals surface area contributed by atoms with Gasteiger partial charge in [0, 0.05) is 8.81 Å². The molecule has 0 saturated carbocycles. The van der Waals surface area contributed by atoms with Crippen LogP contribution in [0, 0.1) is 0 Å². The average molecular weight is 148 g/mol. The first-order valence-electron chi connectivity index (χ1n) is 3.78. The van der Waals surface area contributed by atoms with Crippen LogP contribution in [-0.2, 0) is 0 Å². The standard InChI is InChI=1S/C7H17OP/c1-2-3-4-5-6-7-9-8/h8-9H,2-7H2,1H3. The highest BCUT2D eigenvalue weighted by molar-refractivity contribution is 7.31. The van der Waals surface area contributed by atoms with Gasteiger partial charge >= 0.3 is 0 Å². The fourth-order valence-corrected chi connectivity index (χ4v) is 1.22. The summed E-state index contributed by atoms with van der Waals surface area (Å²) in [5.41, 5.74) is 0. The van der Waals surface area contributed by atoms with Crippen LogP contribution in [0.5, 0.6) is 0 Å². The molecule has 0 bridgehead atoms. The van der Waals surface area contributed by atoms with Crippen LogP contribution >= 0.6 is 8.81 Å². The minimum Gasteiger partial charge on any atom is -0.377 e. The summed E-state index contributed by atoms with van der Waals surface area (Å²) in [4.78, 5) is 8.45. The van der Waals surface area contributed by atoms with Gasteiger partial charge in [0.25, 0.3) is 0 Å². The summed E-state index contributed by atoms with van der Waals surface area (Å²) in [6, 6.07) is 0. The summed E-state index contributed by atoms with van der Waals surface area (Å²) in [7, 11) is 0.170. The van der Waals surface area contributed by atoms with Crippen LogP contribution in [-0.4, -0.2) is 11.1 Å². The average Bonchev–Trinajstić information content (AvgIpc) is 1.89. The second kappa shape index (κ2) is 8.39. The van der Waals surface area contributed by atoms with E-state index >= 15 is 0 Å². The molecule has 0 aromatic rings. The lowest BCUT2D eigenvalue weighted by Gasteiger charge is -1.95. The molecule has 1 nitrogen and oxygen atoms in total. The van der Waals surface area contributed by atoms with E-state index in [1.54, 1.807) is 0 Å². The molecule has 1 unspecified atom stereocenters. The summed E-state index contributed by atoms with van der Waals surface area (Å²) in [5.74, 6) is 0. The van der Waals surface area contributed by atoms with E-state index in [1.807, 2.05) is 0 Å². The van der Waals surface area contributed by atoms with Crippen LogP contribution in [0.2, 0.25) is 0 Å². The second-order valence-corrected chi connectivity index (χ2v) is 3.14. The highest BCUT2D eigenvalue weighted by Gasteiger charge is 1.86. The van der Waals surface area contributed by atoms with Crippen molar-refractivity contribution in [3.05, 3.63) is 0 Å². The molecule has 0 aliphatic carbocycles. The van der Waals surface area contributed by atoms with Crippen LogP contribution in [0.1, 0.15) is 39.0 Å². The second-order valence-electron chi connectivity index (χ2n) is 2.32. The van der Waals surface area contributed by atoms with Crippen molar-refractivity contribution in [2.24, 2.45) is 0 Å². The van der Waals surface area contributed by atoms with Crippen molar-refractivity contribution < 1.29 is 4.89 Å².